The zero-order valence-electron chi connectivity index (χ0n) is 12.0. The van der Waals surface area contributed by atoms with Crippen molar-refractivity contribution in [1.29, 1.82) is 0 Å². The third-order valence-electron chi connectivity index (χ3n) is 3.31. The van der Waals surface area contributed by atoms with Crippen LogP contribution < -0.4 is 10.7 Å². The van der Waals surface area contributed by atoms with E-state index in [0.717, 1.165) is 19.3 Å². The molecule has 2 N–H and O–H groups in total. The van der Waals surface area contributed by atoms with E-state index >= 15 is 0 Å². The molecule has 0 spiro atoms. The first-order valence-electron chi connectivity index (χ1n) is 6.94. The third-order valence-corrected chi connectivity index (χ3v) is 3.31. The van der Waals surface area contributed by atoms with Crippen LogP contribution in [0.5, 0.6) is 0 Å². The van der Waals surface area contributed by atoms with Crippen molar-refractivity contribution in [3.63, 3.8) is 0 Å². The maximum atomic E-state index is 11.5. The number of rotatable bonds is 5. The van der Waals surface area contributed by atoms with Crippen molar-refractivity contribution in [1.82, 2.24) is 10.7 Å². The minimum atomic E-state index is -0.424. The van der Waals surface area contributed by atoms with Crippen LogP contribution in [0.15, 0.2) is 39.6 Å². The number of nitrogens with zero attached hydrogens (tertiary/aromatic N) is 1. The molecule has 0 fully saturated rings. The fourth-order valence-electron chi connectivity index (χ4n) is 2.03. The van der Waals surface area contributed by atoms with Crippen LogP contribution in [0.1, 0.15) is 36.7 Å². The molecule has 2 rings (SSSR count). The Hall–Kier alpha value is -2.37. The van der Waals surface area contributed by atoms with E-state index in [2.05, 4.69) is 28.8 Å². The molecule has 0 aromatic carbocycles. The number of hydrogen-bond acceptors (Lipinski definition) is 4. The number of hydrogen-bond donors (Lipinski definition) is 2. The summed E-state index contributed by atoms with van der Waals surface area (Å²) in [6.07, 6.45) is 8.45. The smallest absolute Gasteiger partial charge is 0.287 e. The first kappa shape index (κ1) is 15.0. The maximum Gasteiger partial charge on any atom is 0.287 e. The van der Waals surface area contributed by atoms with Crippen LogP contribution in [0.25, 0.3) is 0 Å². The Kier molecular flexibility index (Phi) is 5.31. The number of allylic oxidation sites excluding steroid dienone is 2. The topological polar surface area (TPSA) is 83.7 Å². The van der Waals surface area contributed by atoms with Crippen LogP contribution >= 0.6 is 0 Å². The Labute approximate surface area is 123 Å². The Bertz CT molecular complexity index is 547. The van der Waals surface area contributed by atoms with Crippen LogP contribution in [0.3, 0.4) is 0 Å². The molecule has 1 aliphatic rings. The number of amides is 2. The van der Waals surface area contributed by atoms with Gasteiger partial charge in [-0.15, -0.1) is 0 Å². The van der Waals surface area contributed by atoms with Gasteiger partial charge in [-0.2, -0.15) is 5.10 Å². The molecule has 6 nitrogen and oxygen atoms in total. The Morgan fingerprint density at radius 3 is 3.05 bits per heavy atom. The van der Waals surface area contributed by atoms with Crippen molar-refractivity contribution < 1.29 is 14.0 Å². The van der Waals surface area contributed by atoms with Gasteiger partial charge in [0.2, 0.25) is 0 Å². The molecular weight excluding hydrogens is 270 g/mol. The molecular formula is C15H19N3O3. The number of carbonyl (C=O) groups is 2. The van der Waals surface area contributed by atoms with Gasteiger partial charge in [0.05, 0.1) is 12.8 Å². The first-order valence-corrected chi connectivity index (χ1v) is 6.94. The molecule has 0 saturated carbocycles. The molecule has 112 valence electrons. The minimum absolute atomic E-state index is 0.138. The molecule has 0 bridgehead atoms. The summed E-state index contributed by atoms with van der Waals surface area (Å²) in [5.74, 6) is -0.247. The second kappa shape index (κ2) is 7.42. The lowest BCUT2D eigenvalue weighted by molar-refractivity contribution is -0.120. The van der Waals surface area contributed by atoms with Crippen molar-refractivity contribution in [2.24, 2.45) is 11.0 Å². The molecule has 1 unspecified atom stereocenters. The predicted molar refractivity (Wildman–Crippen MR) is 78.8 cm³/mol. The first-order chi connectivity index (χ1) is 10.1. The summed E-state index contributed by atoms with van der Waals surface area (Å²) in [7, 11) is 0. The van der Waals surface area contributed by atoms with Crippen molar-refractivity contribution in [3.8, 4) is 0 Å². The number of nitrogens with one attached hydrogen (secondary N) is 2. The highest BCUT2D eigenvalue weighted by atomic mass is 16.3. The number of furan rings is 1. The summed E-state index contributed by atoms with van der Waals surface area (Å²) >= 11 is 0. The zero-order chi connectivity index (χ0) is 15.1. The second-order valence-corrected chi connectivity index (χ2v) is 5.06. The lowest BCUT2D eigenvalue weighted by Gasteiger charge is -2.15. The summed E-state index contributed by atoms with van der Waals surface area (Å²) in [5.41, 5.74) is 3.81. The van der Waals surface area contributed by atoms with E-state index in [4.69, 9.17) is 4.42 Å². The van der Waals surface area contributed by atoms with Crippen molar-refractivity contribution >= 4 is 18.0 Å². The number of carbonyl (C=O) groups excluding carboxylic acids is 2. The van der Waals surface area contributed by atoms with E-state index in [-0.39, 0.29) is 18.2 Å². The highest BCUT2D eigenvalue weighted by Crippen LogP contribution is 2.21. The normalized spacial score (nSPS) is 18.3. The van der Waals surface area contributed by atoms with Gasteiger partial charge in [0, 0.05) is 6.21 Å². The summed E-state index contributed by atoms with van der Waals surface area (Å²) in [6.45, 7) is 1.98. The average molecular weight is 289 g/mol. The molecule has 0 aliphatic heterocycles. The lowest BCUT2D eigenvalue weighted by atomic mass is 9.91. The van der Waals surface area contributed by atoms with E-state index in [1.807, 2.05) is 0 Å². The highest BCUT2D eigenvalue weighted by Gasteiger charge is 2.11. The molecule has 0 radical (unpaired) electrons. The molecule has 2 amide bonds. The van der Waals surface area contributed by atoms with Crippen molar-refractivity contribution in [2.45, 2.75) is 26.2 Å². The van der Waals surface area contributed by atoms with Gasteiger partial charge in [-0.3, -0.25) is 9.59 Å². The third kappa shape index (κ3) is 4.91. The minimum Gasteiger partial charge on any atom is -0.459 e. The molecule has 1 aromatic rings. The quantitative estimate of drug-likeness (QED) is 0.493. The Morgan fingerprint density at radius 2 is 2.38 bits per heavy atom. The van der Waals surface area contributed by atoms with Gasteiger partial charge in [-0.05, 0) is 44.2 Å². The van der Waals surface area contributed by atoms with Gasteiger partial charge in [0.1, 0.15) is 0 Å². The predicted octanol–water partition coefficient (Wildman–Crippen LogP) is 1.86. The van der Waals surface area contributed by atoms with E-state index in [1.54, 1.807) is 12.3 Å². The number of hydrazone groups is 1. The Balaban J connectivity index is 1.67. The van der Waals surface area contributed by atoms with Crippen molar-refractivity contribution in [3.05, 3.63) is 35.8 Å². The van der Waals surface area contributed by atoms with E-state index in [1.165, 1.54) is 17.9 Å². The van der Waals surface area contributed by atoms with Gasteiger partial charge in [0.25, 0.3) is 11.8 Å². The molecule has 0 saturated heterocycles. The fourth-order valence-corrected chi connectivity index (χ4v) is 2.03. The van der Waals surface area contributed by atoms with E-state index in [9.17, 15) is 9.59 Å². The van der Waals surface area contributed by atoms with Crippen LogP contribution in [0.2, 0.25) is 0 Å². The second-order valence-electron chi connectivity index (χ2n) is 5.06. The van der Waals surface area contributed by atoms with Gasteiger partial charge in [-0.25, -0.2) is 5.43 Å². The highest BCUT2D eigenvalue weighted by molar-refractivity contribution is 5.94. The van der Waals surface area contributed by atoms with Crippen LogP contribution in [0.4, 0.5) is 0 Å². The van der Waals surface area contributed by atoms with Gasteiger partial charge >= 0.3 is 0 Å². The van der Waals surface area contributed by atoms with Gasteiger partial charge in [-0.1, -0.05) is 11.6 Å². The van der Waals surface area contributed by atoms with E-state index < -0.39 is 5.91 Å². The zero-order valence-corrected chi connectivity index (χ0v) is 12.0. The molecule has 1 atom stereocenters. The Morgan fingerprint density at radius 1 is 1.52 bits per heavy atom. The van der Waals surface area contributed by atoms with Gasteiger partial charge < -0.3 is 9.73 Å². The summed E-state index contributed by atoms with van der Waals surface area (Å²) < 4.78 is 4.92. The summed E-state index contributed by atoms with van der Waals surface area (Å²) in [6, 6.07) is 3.14. The molecule has 21 heavy (non-hydrogen) atoms. The molecule has 6 heteroatoms. The van der Waals surface area contributed by atoms with Crippen molar-refractivity contribution in [2.75, 3.05) is 6.54 Å². The summed E-state index contributed by atoms with van der Waals surface area (Å²) in [5, 5.41) is 6.38. The average Bonchev–Trinajstić information content (AvgIpc) is 3.01. The largest absolute Gasteiger partial charge is 0.459 e. The van der Waals surface area contributed by atoms with E-state index in [0.29, 0.717) is 5.92 Å². The lowest BCUT2D eigenvalue weighted by Crippen LogP contribution is -2.34. The van der Waals surface area contributed by atoms with Crippen LogP contribution in [-0.2, 0) is 4.79 Å². The summed E-state index contributed by atoms with van der Waals surface area (Å²) in [4.78, 5) is 23.1. The van der Waals surface area contributed by atoms with Gasteiger partial charge in [0.15, 0.2) is 5.76 Å². The fraction of sp³-hybridized carbons (Fsp3) is 0.400. The standard InChI is InChI=1S/C15H19N3O3/c1-11-4-6-12(7-5-11)9-17-18-14(19)10-16-15(20)13-3-2-8-21-13/h2-4,8-9,12H,5-7,10H2,1H3,(H,16,20)(H,18,19)/b17-9+. The van der Waals surface area contributed by atoms with Crippen LogP contribution in [0, 0.1) is 5.92 Å². The monoisotopic (exact) mass is 289 g/mol. The van der Waals surface area contributed by atoms with Crippen LogP contribution in [-0.4, -0.2) is 24.6 Å². The maximum absolute atomic E-state index is 11.5. The molecule has 1 heterocycles. The molecule has 1 aliphatic carbocycles. The SMILES string of the molecule is CC1=CCC(/C=N/NC(=O)CNC(=O)c2ccco2)CC1. The molecule has 1 aromatic heterocycles.